The van der Waals surface area contributed by atoms with Crippen LogP contribution in [0.4, 0.5) is 5.82 Å². The van der Waals surface area contributed by atoms with Crippen LogP contribution in [0.2, 0.25) is 0 Å². The van der Waals surface area contributed by atoms with Crippen molar-refractivity contribution in [2.45, 2.75) is 51.5 Å². The number of amides is 1. The minimum absolute atomic E-state index is 0.0646. The van der Waals surface area contributed by atoms with Gasteiger partial charge in [-0.05, 0) is 44.6 Å². The minimum atomic E-state index is 0.0646. The van der Waals surface area contributed by atoms with E-state index in [1.165, 1.54) is 12.8 Å². The Bertz CT molecular complexity index is 507. The average molecular weight is 288 g/mol. The topological polar surface area (TPSA) is 58.1 Å². The molecule has 0 bridgehead atoms. The lowest BCUT2D eigenvalue weighted by Crippen LogP contribution is -2.43. The number of hydrogen-bond donors (Lipinski definition) is 1. The number of nitrogens with zero attached hydrogens (tertiary/aromatic N) is 3. The van der Waals surface area contributed by atoms with Gasteiger partial charge >= 0.3 is 0 Å². The molecule has 1 amide bonds. The second-order valence-corrected chi connectivity index (χ2v) is 6.36. The first-order valence-electron chi connectivity index (χ1n) is 7.98. The van der Waals surface area contributed by atoms with Crippen LogP contribution in [0, 0.1) is 5.92 Å². The third-order valence-corrected chi connectivity index (χ3v) is 4.60. The third kappa shape index (κ3) is 3.52. The van der Waals surface area contributed by atoms with Gasteiger partial charge in [-0.2, -0.15) is 0 Å². The Labute approximate surface area is 126 Å². The molecule has 114 valence electrons. The highest BCUT2D eigenvalue weighted by Crippen LogP contribution is 2.38. The fourth-order valence-corrected chi connectivity index (χ4v) is 3.15. The maximum Gasteiger partial charge on any atom is 0.217 e. The Morgan fingerprint density at radius 3 is 2.67 bits per heavy atom. The number of anilines is 1. The molecular weight excluding hydrogens is 264 g/mol. The Morgan fingerprint density at radius 2 is 2.05 bits per heavy atom. The van der Waals surface area contributed by atoms with Crippen molar-refractivity contribution in [1.29, 1.82) is 0 Å². The summed E-state index contributed by atoms with van der Waals surface area (Å²) in [5.74, 6) is 3.31. The summed E-state index contributed by atoms with van der Waals surface area (Å²) in [6.45, 7) is 5.72. The first-order valence-corrected chi connectivity index (χ1v) is 7.98. The number of hydrogen-bond acceptors (Lipinski definition) is 4. The lowest BCUT2D eigenvalue weighted by molar-refractivity contribution is -0.119. The van der Waals surface area contributed by atoms with Crippen molar-refractivity contribution < 1.29 is 4.79 Å². The van der Waals surface area contributed by atoms with Crippen molar-refractivity contribution in [2.24, 2.45) is 5.92 Å². The molecule has 1 N–H and O–H groups in total. The van der Waals surface area contributed by atoms with E-state index in [0.29, 0.717) is 11.8 Å². The molecule has 1 aromatic heterocycles. The molecule has 1 saturated heterocycles. The van der Waals surface area contributed by atoms with E-state index in [4.69, 9.17) is 4.98 Å². The summed E-state index contributed by atoms with van der Waals surface area (Å²) in [4.78, 5) is 22.6. The van der Waals surface area contributed by atoms with Gasteiger partial charge in [-0.1, -0.05) is 0 Å². The predicted octanol–water partition coefficient (Wildman–Crippen LogP) is 2.10. The molecule has 5 heteroatoms. The van der Waals surface area contributed by atoms with E-state index in [0.717, 1.165) is 37.6 Å². The van der Waals surface area contributed by atoms with Crippen LogP contribution in [0.5, 0.6) is 0 Å². The monoisotopic (exact) mass is 288 g/mol. The van der Waals surface area contributed by atoms with Gasteiger partial charge in [0.15, 0.2) is 0 Å². The molecule has 1 aliphatic carbocycles. The number of carbonyl (C=O) groups excluding carboxylic acids is 1. The molecule has 3 rings (SSSR count). The smallest absolute Gasteiger partial charge is 0.217 e. The molecule has 0 spiro atoms. The summed E-state index contributed by atoms with van der Waals surface area (Å²) in [7, 11) is 0. The maximum absolute atomic E-state index is 11.2. The van der Waals surface area contributed by atoms with Crippen molar-refractivity contribution in [3.05, 3.63) is 18.1 Å². The van der Waals surface area contributed by atoms with Crippen LogP contribution in [0.25, 0.3) is 0 Å². The van der Waals surface area contributed by atoms with E-state index in [9.17, 15) is 4.79 Å². The lowest BCUT2D eigenvalue weighted by Gasteiger charge is -2.35. The van der Waals surface area contributed by atoms with Crippen LogP contribution < -0.4 is 10.2 Å². The fraction of sp³-hybridized carbons (Fsp3) is 0.688. The van der Waals surface area contributed by atoms with E-state index in [1.54, 1.807) is 6.92 Å². The Balaban J connectivity index is 1.58. The zero-order valence-corrected chi connectivity index (χ0v) is 12.9. The molecule has 1 aromatic rings. The number of nitrogens with one attached hydrogen (secondary N) is 1. The van der Waals surface area contributed by atoms with Gasteiger partial charge in [0.05, 0.1) is 0 Å². The van der Waals surface area contributed by atoms with Crippen molar-refractivity contribution >= 4 is 11.7 Å². The quantitative estimate of drug-likeness (QED) is 0.921. The van der Waals surface area contributed by atoms with E-state index in [-0.39, 0.29) is 11.9 Å². The second kappa shape index (κ2) is 6.00. The van der Waals surface area contributed by atoms with Gasteiger partial charge in [0, 0.05) is 38.2 Å². The van der Waals surface area contributed by atoms with Crippen molar-refractivity contribution in [2.75, 3.05) is 18.0 Å². The second-order valence-electron chi connectivity index (χ2n) is 6.36. The number of piperidine rings is 1. The van der Waals surface area contributed by atoms with E-state index >= 15 is 0 Å². The Hall–Kier alpha value is -1.65. The summed E-state index contributed by atoms with van der Waals surface area (Å²) >= 11 is 0. The maximum atomic E-state index is 11.2. The summed E-state index contributed by atoms with van der Waals surface area (Å²) in [5.41, 5.74) is 0. The highest BCUT2D eigenvalue weighted by Gasteiger charge is 2.28. The standard InChI is InChI=1S/C16H24N4O/c1-11(18-12(2)21)13-6-9-20(10-7-13)15-5-8-17-16(19-15)14-3-4-14/h5,8,11,13-14H,3-4,6-7,9-10H2,1-2H3,(H,18,21). The van der Waals surface area contributed by atoms with Crippen molar-refractivity contribution in [3.8, 4) is 0 Å². The first-order chi connectivity index (χ1) is 10.1. The summed E-state index contributed by atoms with van der Waals surface area (Å²) < 4.78 is 0. The molecule has 0 radical (unpaired) electrons. The van der Waals surface area contributed by atoms with Crippen LogP contribution >= 0.6 is 0 Å². The van der Waals surface area contributed by atoms with Gasteiger partial charge in [0.25, 0.3) is 0 Å². The lowest BCUT2D eigenvalue weighted by atomic mass is 9.90. The molecule has 2 fully saturated rings. The molecule has 1 aliphatic heterocycles. The average Bonchev–Trinajstić information content (AvgIpc) is 3.31. The van der Waals surface area contributed by atoms with Gasteiger partial charge in [0.1, 0.15) is 11.6 Å². The zero-order valence-electron chi connectivity index (χ0n) is 12.9. The molecular formula is C16H24N4O. The SMILES string of the molecule is CC(=O)NC(C)C1CCN(c2ccnc(C3CC3)n2)CC1. The van der Waals surface area contributed by atoms with Gasteiger partial charge < -0.3 is 10.2 Å². The third-order valence-electron chi connectivity index (χ3n) is 4.60. The van der Waals surface area contributed by atoms with Gasteiger partial charge in [-0.15, -0.1) is 0 Å². The predicted molar refractivity (Wildman–Crippen MR) is 82.2 cm³/mol. The molecule has 21 heavy (non-hydrogen) atoms. The molecule has 1 unspecified atom stereocenters. The summed E-state index contributed by atoms with van der Waals surface area (Å²) in [6.07, 6.45) is 6.57. The molecule has 1 atom stereocenters. The Morgan fingerprint density at radius 1 is 1.33 bits per heavy atom. The molecule has 0 aromatic carbocycles. The van der Waals surface area contributed by atoms with Crippen LogP contribution in [-0.2, 0) is 4.79 Å². The highest BCUT2D eigenvalue weighted by molar-refractivity contribution is 5.73. The van der Waals surface area contributed by atoms with Crippen LogP contribution in [0.1, 0.15) is 51.3 Å². The fourth-order valence-electron chi connectivity index (χ4n) is 3.15. The normalized spacial score (nSPS) is 21.1. The summed E-state index contributed by atoms with van der Waals surface area (Å²) in [6, 6.07) is 2.28. The summed E-state index contributed by atoms with van der Waals surface area (Å²) in [5, 5.41) is 3.02. The van der Waals surface area contributed by atoms with Crippen molar-refractivity contribution in [1.82, 2.24) is 15.3 Å². The minimum Gasteiger partial charge on any atom is -0.356 e. The zero-order chi connectivity index (χ0) is 14.8. The highest BCUT2D eigenvalue weighted by atomic mass is 16.1. The Kier molecular flexibility index (Phi) is 4.08. The van der Waals surface area contributed by atoms with Crippen LogP contribution in [-0.4, -0.2) is 35.0 Å². The van der Waals surface area contributed by atoms with Gasteiger partial charge in [-0.3, -0.25) is 4.79 Å². The van der Waals surface area contributed by atoms with Crippen LogP contribution in [0.15, 0.2) is 12.3 Å². The van der Waals surface area contributed by atoms with Crippen LogP contribution in [0.3, 0.4) is 0 Å². The number of carbonyl (C=O) groups is 1. The van der Waals surface area contributed by atoms with E-state index in [1.807, 2.05) is 12.3 Å². The van der Waals surface area contributed by atoms with E-state index < -0.39 is 0 Å². The number of rotatable bonds is 4. The molecule has 5 nitrogen and oxygen atoms in total. The molecule has 2 aliphatic rings. The van der Waals surface area contributed by atoms with Gasteiger partial charge in [0.2, 0.25) is 5.91 Å². The van der Waals surface area contributed by atoms with Gasteiger partial charge in [-0.25, -0.2) is 9.97 Å². The first kappa shape index (κ1) is 14.3. The number of aromatic nitrogens is 2. The molecule has 1 saturated carbocycles. The molecule has 2 heterocycles. The van der Waals surface area contributed by atoms with E-state index in [2.05, 4.69) is 22.1 Å². The largest absolute Gasteiger partial charge is 0.356 e. The van der Waals surface area contributed by atoms with Crippen molar-refractivity contribution in [3.63, 3.8) is 0 Å².